The van der Waals surface area contributed by atoms with Crippen molar-refractivity contribution in [3.63, 3.8) is 0 Å². The van der Waals surface area contributed by atoms with E-state index in [-0.39, 0.29) is 32.7 Å². The molecule has 0 radical (unpaired) electrons. The number of carbonyl (C=O) groups is 2. The van der Waals surface area contributed by atoms with Crippen molar-refractivity contribution in [3.05, 3.63) is 198 Å². The summed E-state index contributed by atoms with van der Waals surface area (Å²) in [5.74, 6) is 1.97. The fourth-order valence-corrected chi connectivity index (χ4v) is 23.6. The molecule has 0 fully saturated rings. The van der Waals surface area contributed by atoms with Crippen LogP contribution in [-0.4, -0.2) is 35.0 Å². The molecule has 4 heterocycles. The molecule has 426 valence electrons. The predicted molar refractivity (Wildman–Crippen MR) is 369 cm³/mol. The fraction of sp³-hybridized carbons (Fsp3) is 0.0857. The van der Waals surface area contributed by atoms with E-state index in [1.807, 2.05) is 114 Å². The minimum absolute atomic E-state index is 0.187. The molecule has 9 aromatic carbocycles. The van der Waals surface area contributed by atoms with Crippen molar-refractivity contribution in [1.29, 1.82) is 42.1 Å². The second-order valence-electron chi connectivity index (χ2n) is 20.1. The van der Waals surface area contributed by atoms with Gasteiger partial charge in [-0.15, -0.1) is 47.0 Å². The first kappa shape index (κ1) is 59.6. The molecule has 20 heteroatoms. The zero-order valence-corrected chi connectivity index (χ0v) is 53.0. The molecule has 0 unspecified atom stereocenters. The molecule has 4 aliphatic heterocycles. The highest BCUT2D eigenvalue weighted by atomic mass is 32.3. The number of nitriles is 8. The number of hydrogen-bond acceptors (Lipinski definition) is 20. The summed E-state index contributed by atoms with van der Waals surface area (Å²) in [6.07, 6.45) is 1.45. The van der Waals surface area contributed by atoms with E-state index < -0.39 is 30.7 Å². The van der Waals surface area contributed by atoms with Gasteiger partial charge in [-0.05, 0) is 106 Å². The number of fused-ring (bicyclic) bond motifs is 6. The molecule has 9 aromatic rings. The number of nitrogens with zero attached hydrogens (tertiary/aromatic N) is 8. The van der Waals surface area contributed by atoms with Crippen LogP contribution in [-0.2, 0) is 32.3 Å². The number of hydrogen-bond donors (Lipinski definition) is 0. The van der Waals surface area contributed by atoms with Crippen LogP contribution in [0.15, 0.2) is 150 Å². The average Bonchev–Trinajstić information content (AvgIpc) is 1.20. The van der Waals surface area contributed by atoms with Crippen LogP contribution >= 0.6 is 94.1 Å². The average molecular weight is 1310 g/mol. The first-order valence-corrected chi connectivity index (χ1v) is 34.5. The molecule has 0 saturated heterocycles. The van der Waals surface area contributed by atoms with Crippen molar-refractivity contribution >= 4 is 208 Å². The molecular formula is C70H34N8O4S8. The van der Waals surface area contributed by atoms with Crippen molar-refractivity contribution in [3.8, 4) is 48.6 Å². The highest BCUT2D eigenvalue weighted by molar-refractivity contribution is 8.47. The lowest BCUT2D eigenvalue weighted by Crippen LogP contribution is -2.20. The van der Waals surface area contributed by atoms with Crippen LogP contribution in [0.5, 0.6) is 0 Å². The summed E-state index contributed by atoms with van der Waals surface area (Å²) in [5.41, 5.74) is -0.0253. The Bertz CT molecular complexity index is 5410. The molecule has 0 saturated carbocycles. The van der Waals surface area contributed by atoms with Crippen molar-refractivity contribution in [1.82, 2.24) is 0 Å². The van der Waals surface area contributed by atoms with Gasteiger partial charge in [0.1, 0.15) is 89.6 Å². The molecule has 0 atom stereocenters. The van der Waals surface area contributed by atoms with Crippen LogP contribution in [0.2, 0.25) is 0 Å². The minimum Gasteiger partial charge on any atom is -0.457 e. The van der Waals surface area contributed by atoms with Crippen LogP contribution in [0.3, 0.4) is 0 Å². The lowest BCUT2D eigenvalue weighted by Gasteiger charge is -2.14. The molecule has 0 amide bonds. The molecule has 12 nitrogen and oxygen atoms in total. The topological polar surface area (TPSA) is 243 Å². The summed E-state index contributed by atoms with van der Waals surface area (Å²) in [7, 11) is 0. The van der Waals surface area contributed by atoms with E-state index in [1.54, 1.807) is 132 Å². The molecule has 4 aliphatic rings. The maximum atomic E-state index is 15.0. The Kier molecular flexibility index (Phi) is 17.0. The van der Waals surface area contributed by atoms with Gasteiger partial charge in [0.2, 0.25) is 0 Å². The zero-order valence-electron chi connectivity index (χ0n) is 46.4. The van der Waals surface area contributed by atoms with Gasteiger partial charge in [0.15, 0.2) is 0 Å². The number of ether oxygens (including phenoxy) is 2. The van der Waals surface area contributed by atoms with Gasteiger partial charge in [-0.3, -0.25) is 0 Å². The number of rotatable bonds is 7. The first-order valence-electron chi connectivity index (χ1n) is 27.3. The Balaban J connectivity index is 0.972. The van der Waals surface area contributed by atoms with Crippen molar-refractivity contribution in [2.24, 2.45) is 0 Å². The van der Waals surface area contributed by atoms with Crippen LogP contribution in [0.1, 0.15) is 16.7 Å². The first-order chi connectivity index (χ1) is 44.1. The van der Waals surface area contributed by atoms with E-state index in [2.05, 4.69) is 24.3 Å². The molecule has 90 heavy (non-hydrogen) atoms. The van der Waals surface area contributed by atoms with E-state index >= 15 is 9.59 Å². The fourth-order valence-electron chi connectivity index (χ4n) is 11.4. The number of esters is 2. The van der Waals surface area contributed by atoms with Gasteiger partial charge < -0.3 is 9.47 Å². The molecule has 0 N–H and O–H groups in total. The molecule has 13 rings (SSSR count). The Morgan fingerprint density at radius 3 is 1.01 bits per heavy atom. The van der Waals surface area contributed by atoms with Crippen LogP contribution < -0.4 is 31.3 Å². The Morgan fingerprint density at radius 1 is 0.356 bits per heavy atom. The lowest BCUT2D eigenvalue weighted by molar-refractivity contribution is -0.148. The third-order valence-corrected chi connectivity index (χ3v) is 26.8. The minimum atomic E-state index is -1.05. The SMILES string of the molecule is N#CC(C#N)=c1c2ccccc2c(=C(C#N)C#N)c2cc(COC(=O)C(=Cc3ccc4c(=C5SC6=C(SCCS6)S5)c5ccccc5c(=C5SC6=C(SCCS6)S5)c4c3)C(=O)OCc3ccc4c(=C(C#N)C#N)c5ccccc5c(=C(C#N)C#N)c4c3)ccc12. The monoisotopic (exact) mass is 1310 g/mol. The van der Waals surface area contributed by atoms with Crippen LogP contribution in [0, 0.1) is 90.6 Å². The van der Waals surface area contributed by atoms with E-state index in [1.165, 1.54) is 27.3 Å². The predicted octanol–water partition coefficient (Wildman–Crippen LogP) is 12.6. The Labute approximate surface area is 546 Å². The number of thioether (sulfide) groups is 8. The molecule has 0 aromatic heterocycles. The smallest absolute Gasteiger partial charge is 0.345 e. The maximum absolute atomic E-state index is 15.0. The summed E-state index contributed by atoms with van der Waals surface area (Å²) in [6.45, 7) is -0.846. The lowest BCUT2D eigenvalue weighted by atomic mass is 9.93. The molecule has 0 bridgehead atoms. The van der Waals surface area contributed by atoms with Gasteiger partial charge in [0.05, 0.1) is 25.4 Å². The quantitative estimate of drug-likeness (QED) is 0.0473. The summed E-state index contributed by atoms with van der Waals surface area (Å²) in [4.78, 5) is 30.1. The third-order valence-electron chi connectivity index (χ3n) is 15.2. The van der Waals surface area contributed by atoms with E-state index in [0.29, 0.717) is 70.2 Å². The summed E-state index contributed by atoms with van der Waals surface area (Å²) in [5, 5.41) is 92.5. The zero-order chi connectivity index (χ0) is 62.2. The highest BCUT2D eigenvalue weighted by Gasteiger charge is 2.30. The summed E-state index contributed by atoms with van der Waals surface area (Å²) in [6, 6.07) is 53.9. The van der Waals surface area contributed by atoms with E-state index in [0.717, 1.165) is 59.2 Å². The number of benzene rings is 9. The molecule has 0 aliphatic carbocycles. The summed E-state index contributed by atoms with van der Waals surface area (Å²) < 4.78 is 19.6. The second kappa shape index (κ2) is 25.6. The maximum Gasteiger partial charge on any atom is 0.345 e. The van der Waals surface area contributed by atoms with Crippen molar-refractivity contribution in [2.45, 2.75) is 13.2 Å². The van der Waals surface area contributed by atoms with Crippen molar-refractivity contribution in [2.75, 3.05) is 23.0 Å². The Hall–Kier alpha value is -9.36. The van der Waals surface area contributed by atoms with Crippen LogP contribution in [0.25, 0.3) is 101 Å². The molecule has 0 spiro atoms. The van der Waals surface area contributed by atoms with Crippen molar-refractivity contribution < 1.29 is 19.1 Å². The second-order valence-corrected chi connectivity index (χ2v) is 30.1. The largest absolute Gasteiger partial charge is 0.457 e. The normalized spacial score (nSPS) is 14.1. The van der Waals surface area contributed by atoms with E-state index in [4.69, 9.17) is 9.47 Å². The van der Waals surface area contributed by atoms with Gasteiger partial charge >= 0.3 is 11.9 Å². The van der Waals surface area contributed by atoms with E-state index in [9.17, 15) is 42.1 Å². The molecular weight excluding hydrogens is 1270 g/mol. The highest BCUT2D eigenvalue weighted by Crippen LogP contribution is 2.61. The van der Waals surface area contributed by atoms with Gasteiger partial charge in [0.25, 0.3) is 0 Å². The van der Waals surface area contributed by atoms with Gasteiger partial charge in [-0.1, -0.05) is 156 Å². The number of carbonyl (C=O) groups excluding carboxylic acids is 2. The van der Waals surface area contributed by atoms with Crippen LogP contribution in [0.4, 0.5) is 0 Å². The third kappa shape index (κ3) is 10.7. The van der Waals surface area contributed by atoms with Gasteiger partial charge in [0, 0.05) is 54.3 Å². The van der Waals surface area contributed by atoms with Gasteiger partial charge in [-0.2, -0.15) is 42.1 Å². The standard InChI is InChI=1S/C70H34N8O4S8/c71-27-40(28-72)57-44-7-1-3-9-46(44)59(42(31-75)32-76)53-25-38(14-17-50(53)57)35-81-63(79)56(64(80)82-36-39-15-18-51-54(26-39)60(43(33-77)34-78)47-10-4-2-8-45(47)58(51)41(29-73)30-74)24-37-13-16-52-55(23-37)62(66-89-69-70(90-66)86-22-21-85-69)49-12-6-5-11-48(49)61(52)65-87-67-68(88-65)84-20-19-83-67/h1-18,23-26H,19-22,35-36H2. The Morgan fingerprint density at radius 2 is 0.656 bits per heavy atom. The van der Waals surface area contributed by atoms with Gasteiger partial charge in [-0.25, -0.2) is 9.59 Å². The summed E-state index contributed by atoms with van der Waals surface area (Å²) >= 11 is 14.6.